The first-order valence-corrected chi connectivity index (χ1v) is 19.8. The van der Waals surface area contributed by atoms with E-state index in [1.54, 1.807) is 0 Å². The molecule has 4 nitrogen and oxygen atoms in total. The van der Waals surface area contributed by atoms with Crippen molar-refractivity contribution in [1.82, 2.24) is 9.13 Å². The summed E-state index contributed by atoms with van der Waals surface area (Å²) in [5.41, 5.74) is 14.4. The van der Waals surface area contributed by atoms with Gasteiger partial charge in [-0.3, -0.25) is 0 Å². The molecule has 0 fully saturated rings. The van der Waals surface area contributed by atoms with Crippen molar-refractivity contribution >= 4 is 82.6 Å². The lowest BCUT2D eigenvalue weighted by Gasteiger charge is -2.26. The molecule has 12 rings (SSSR count). The highest BCUT2D eigenvalue weighted by molar-refractivity contribution is 6.12. The van der Waals surface area contributed by atoms with E-state index in [0.717, 1.165) is 55.9 Å². The molecular formula is C54H35N3O. The summed E-state index contributed by atoms with van der Waals surface area (Å²) in [6.07, 6.45) is 0. The smallest absolute Gasteiger partial charge is 0.135 e. The molecule has 58 heavy (non-hydrogen) atoms. The van der Waals surface area contributed by atoms with Crippen LogP contribution in [0.15, 0.2) is 217 Å². The molecule has 0 atom stereocenters. The Morgan fingerprint density at radius 1 is 0.293 bits per heavy atom. The molecule has 0 radical (unpaired) electrons. The monoisotopic (exact) mass is 741 g/mol. The third kappa shape index (κ3) is 5.02. The fourth-order valence-corrected chi connectivity index (χ4v) is 9.06. The number of hydrogen-bond acceptors (Lipinski definition) is 2. The number of benzene rings is 9. The lowest BCUT2D eigenvalue weighted by Crippen LogP contribution is -2.09. The highest BCUT2D eigenvalue weighted by Gasteiger charge is 2.19. The molecule has 0 saturated carbocycles. The molecule has 0 N–H and O–H groups in total. The van der Waals surface area contributed by atoms with Crippen molar-refractivity contribution in [3.05, 3.63) is 212 Å². The minimum absolute atomic E-state index is 0.881. The van der Waals surface area contributed by atoms with Crippen molar-refractivity contribution in [2.75, 3.05) is 4.90 Å². The lowest BCUT2D eigenvalue weighted by atomic mass is 10.0. The van der Waals surface area contributed by atoms with Crippen LogP contribution in [0.1, 0.15) is 0 Å². The topological polar surface area (TPSA) is 26.2 Å². The van der Waals surface area contributed by atoms with Crippen molar-refractivity contribution in [2.24, 2.45) is 0 Å². The number of hydrogen-bond donors (Lipinski definition) is 0. The van der Waals surface area contributed by atoms with Gasteiger partial charge in [0, 0.05) is 60.8 Å². The number of para-hydroxylation sites is 5. The summed E-state index contributed by atoms with van der Waals surface area (Å²) < 4.78 is 11.0. The molecule has 0 bridgehead atoms. The summed E-state index contributed by atoms with van der Waals surface area (Å²) in [6.45, 7) is 0. The Morgan fingerprint density at radius 3 is 1.36 bits per heavy atom. The van der Waals surface area contributed by atoms with E-state index in [4.69, 9.17) is 4.42 Å². The summed E-state index contributed by atoms with van der Waals surface area (Å²) >= 11 is 0. The SMILES string of the molecule is c1ccc(-n2c3ccccc3c3cc(N(c4ccc(-c5ccc(-n6c7ccccc7c7ccccc76)cc5)cc4)c4ccc5oc6ccccc6c5c4)ccc32)cc1. The van der Waals surface area contributed by atoms with Gasteiger partial charge in [-0.2, -0.15) is 0 Å². The zero-order chi connectivity index (χ0) is 38.2. The van der Waals surface area contributed by atoms with E-state index in [1.807, 2.05) is 12.1 Å². The quantitative estimate of drug-likeness (QED) is 0.170. The molecule has 0 unspecified atom stereocenters. The van der Waals surface area contributed by atoms with Crippen LogP contribution in [-0.4, -0.2) is 9.13 Å². The van der Waals surface area contributed by atoms with Gasteiger partial charge in [-0.25, -0.2) is 0 Å². The normalized spacial score (nSPS) is 11.8. The maximum absolute atomic E-state index is 6.27. The van der Waals surface area contributed by atoms with Crippen LogP contribution >= 0.6 is 0 Å². The van der Waals surface area contributed by atoms with Crippen LogP contribution in [0.2, 0.25) is 0 Å². The molecule has 0 aliphatic rings. The van der Waals surface area contributed by atoms with Crippen LogP contribution in [-0.2, 0) is 0 Å². The number of furan rings is 1. The van der Waals surface area contributed by atoms with E-state index in [2.05, 4.69) is 214 Å². The Kier molecular flexibility index (Phi) is 7.20. The Bertz CT molecular complexity index is 3440. The van der Waals surface area contributed by atoms with Crippen molar-refractivity contribution in [3.63, 3.8) is 0 Å². The van der Waals surface area contributed by atoms with E-state index in [-0.39, 0.29) is 0 Å². The van der Waals surface area contributed by atoms with Crippen LogP contribution in [0.5, 0.6) is 0 Å². The van der Waals surface area contributed by atoms with Gasteiger partial charge in [0.25, 0.3) is 0 Å². The average molecular weight is 742 g/mol. The Morgan fingerprint density at radius 2 is 0.724 bits per heavy atom. The molecule has 272 valence electrons. The summed E-state index contributed by atoms with van der Waals surface area (Å²) in [7, 11) is 0. The maximum atomic E-state index is 6.27. The van der Waals surface area contributed by atoms with E-state index >= 15 is 0 Å². The van der Waals surface area contributed by atoms with Gasteiger partial charge >= 0.3 is 0 Å². The molecule has 0 spiro atoms. The molecule has 0 saturated heterocycles. The van der Waals surface area contributed by atoms with Crippen molar-refractivity contribution < 1.29 is 4.42 Å². The summed E-state index contributed by atoms with van der Waals surface area (Å²) in [6, 6.07) is 76.2. The number of rotatable bonds is 6. The number of nitrogens with zero attached hydrogens (tertiary/aromatic N) is 3. The highest BCUT2D eigenvalue weighted by Crippen LogP contribution is 2.42. The standard InChI is InChI=1S/C54H35N3O/c1-2-12-38(13-3-1)56-51-20-10-6-16-45(51)47-34-41(30-32-52(47)56)55(42-31-33-54-48(35-42)46-17-7-11-21-53(46)58-54)39-26-22-36(23-27-39)37-24-28-40(29-25-37)57-49-18-8-4-14-43(49)44-15-5-9-19-50(44)57/h1-35H. The first-order chi connectivity index (χ1) is 28.8. The molecular weight excluding hydrogens is 707 g/mol. The third-order valence-corrected chi connectivity index (χ3v) is 11.7. The predicted molar refractivity (Wildman–Crippen MR) is 243 cm³/mol. The number of fused-ring (bicyclic) bond motifs is 9. The third-order valence-electron chi connectivity index (χ3n) is 11.7. The first-order valence-electron chi connectivity index (χ1n) is 19.8. The first kappa shape index (κ1) is 32.4. The minimum atomic E-state index is 0.881. The van der Waals surface area contributed by atoms with Crippen LogP contribution in [0.3, 0.4) is 0 Å². The zero-order valence-electron chi connectivity index (χ0n) is 31.5. The second-order valence-corrected chi connectivity index (χ2v) is 15.0. The van der Waals surface area contributed by atoms with Crippen molar-refractivity contribution in [1.29, 1.82) is 0 Å². The molecule has 3 aromatic heterocycles. The largest absolute Gasteiger partial charge is 0.456 e. The molecule has 0 aliphatic heterocycles. The average Bonchev–Trinajstić information content (AvgIpc) is 3.95. The van der Waals surface area contributed by atoms with E-state index in [0.29, 0.717) is 0 Å². The maximum Gasteiger partial charge on any atom is 0.135 e. The second kappa shape index (κ2) is 12.9. The van der Waals surface area contributed by atoms with Gasteiger partial charge in [-0.05, 0) is 108 Å². The zero-order valence-corrected chi connectivity index (χ0v) is 31.5. The van der Waals surface area contributed by atoms with Gasteiger partial charge < -0.3 is 18.5 Å². The summed E-state index contributed by atoms with van der Waals surface area (Å²) in [4.78, 5) is 2.37. The summed E-state index contributed by atoms with van der Waals surface area (Å²) in [5.74, 6) is 0. The fourth-order valence-electron chi connectivity index (χ4n) is 9.06. The molecule has 9 aromatic carbocycles. The Balaban J connectivity index is 0.979. The van der Waals surface area contributed by atoms with Crippen LogP contribution in [0.25, 0.3) is 88.1 Å². The Labute approximate surface area is 334 Å². The van der Waals surface area contributed by atoms with Crippen LogP contribution in [0, 0.1) is 0 Å². The highest BCUT2D eigenvalue weighted by atomic mass is 16.3. The number of aromatic nitrogens is 2. The van der Waals surface area contributed by atoms with E-state index in [9.17, 15) is 0 Å². The van der Waals surface area contributed by atoms with Gasteiger partial charge in [0.05, 0.1) is 22.1 Å². The van der Waals surface area contributed by atoms with Gasteiger partial charge in [-0.1, -0.05) is 115 Å². The second-order valence-electron chi connectivity index (χ2n) is 15.0. The van der Waals surface area contributed by atoms with Gasteiger partial charge in [0.15, 0.2) is 0 Å². The van der Waals surface area contributed by atoms with E-state index in [1.165, 1.54) is 49.2 Å². The van der Waals surface area contributed by atoms with Crippen molar-refractivity contribution in [2.45, 2.75) is 0 Å². The van der Waals surface area contributed by atoms with Gasteiger partial charge in [-0.15, -0.1) is 0 Å². The minimum Gasteiger partial charge on any atom is -0.456 e. The molecule has 12 aromatic rings. The molecule has 4 heteroatoms. The van der Waals surface area contributed by atoms with Gasteiger partial charge in [0.2, 0.25) is 0 Å². The molecule has 3 heterocycles. The van der Waals surface area contributed by atoms with E-state index < -0.39 is 0 Å². The molecule has 0 aliphatic carbocycles. The summed E-state index contributed by atoms with van der Waals surface area (Å²) in [5, 5.41) is 7.17. The molecule has 0 amide bonds. The lowest BCUT2D eigenvalue weighted by molar-refractivity contribution is 0.669. The number of anilines is 3. The fraction of sp³-hybridized carbons (Fsp3) is 0. The van der Waals surface area contributed by atoms with Crippen molar-refractivity contribution in [3.8, 4) is 22.5 Å². The van der Waals surface area contributed by atoms with Crippen LogP contribution < -0.4 is 4.90 Å². The predicted octanol–water partition coefficient (Wildman–Crippen LogP) is 14.9. The van der Waals surface area contributed by atoms with Crippen LogP contribution in [0.4, 0.5) is 17.1 Å². The Hall–Kier alpha value is -7.82. The van der Waals surface area contributed by atoms with Gasteiger partial charge in [0.1, 0.15) is 11.2 Å².